The molecule has 0 spiro atoms. The van der Waals surface area contributed by atoms with Gasteiger partial charge in [0, 0.05) is 104 Å². The van der Waals surface area contributed by atoms with E-state index in [9.17, 15) is 33.2 Å². The van der Waals surface area contributed by atoms with Crippen molar-refractivity contribution >= 4 is 94.1 Å². The lowest BCUT2D eigenvalue weighted by atomic mass is 10.0. The first-order chi connectivity index (χ1) is 39.1. The Morgan fingerprint density at radius 2 is 1.07 bits per heavy atom. The van der Waals surface area contributed by atoms with Crippen molar-refractivity contribution in [1.82, 2.24) is 25.5 Å². The highest BCUT2D eigenvalue weighted by atomic mass is 32.2. The lowest BCUT2D eigenvalue weighted by Crippen LogP contribution is -2.36. The van der Waals surface area contributed by atoms with Crippen LogP contribution < -0.4 is 39.3 Å². The van der Waals surface area contributed by atoms with E-state index in [0.717, 1.165) is 127 Å². The molecule has 21 nitrogen and oxygen atoms in total. The second-order valence-electron chi connectivity index (χ2n) is 20.9. The molecule has 24 heteroatoms. The van der Waals surface area contributed by atoms with E-state index in [4.69, 9.17) is 34.9 Å². The summed E-state index contributed by atoms with van der Waals surface area (Å²) in [5.41, 5.74) is 33.0. The molecule has 7 heterocycles. The number of carbonyl (C=O) groups is 6. The van der Waals surface area contributed by atoms with Gasteiger partial charge in [0.15, 0.2) is 11.9 Å². The van der Waals surface area contributed by atoms with Crippen molar-refractivity contribution in [3.63, 3.8) is 0 Å². The van der Waals surface area contributed by atoms with Crippen molar-refractivity contribution in [2.45, 2.75) is 174 Å². The van der Waals surface area contributed by atoms with Gasteiger partial charge in [-0.25, -0.2) is 14.8 Å². The summed E-state index contributed by atoms with van der Waals surface area (Å²) in [6.45, 7) is 4.36. The normalized spacial score (nSPS) is 23.8. The maximum Gasteiger partial charge on any atom is 0.333 e. The summed E-state index contributed by atoms with van der Waals surface area (Å²) in [6, 6.07) is 16.4. The first-order valence-corrected chi connectivity index (χ1v) is 30.1. The number of unbranched alkanes of at least 4 members (excludes halogenated alkanes) is 2. The largest absolute Gasteiger partial charge is 0.369 e. The number of benzene rings is 2. The third-order valence-electron chi connectivity index (χ3n) is 14.8. The van der Waals surface area contributed by atoms with Crippen LogP contribution in [0.1, 0.15) is 141 Å². The van der Waals surface area contributed by atoms with Gasteiger partial charge in [-0.05, 0) is 125 Å². The highest BCUT2D eigenvalue weighted by Crippen LogP contribution is 2.42. The Kier molecular flexibility index (Phi) is 25.2. The standard InChI is InChI=1S/C26H38N6O2S.C15H20N2O5S.C14H22N6.CH3F/c27-25(31-26(28)32-14-3-4-15-32)29-19-12-10-18(11-13-19)6-5-8-20(33)7-1-2-9-21-16-22-23(35-21)17-24(34)30-22;18-12-8-11-10(16-12)7-9(23-11)3-1-2-4-15(21)22-17-13(19)5-6-14(17)20;15-8-7-11-3-5-12(6-4-11)18-13(16)19-14(17)20-9-1-2-10-20;1-2/h10-13,21-23H,1-9,14-17H2,(H,30,34)(H4,27,28,29,31);9-11H,1-8H2,(H,16,18);3-6H,1-2,7-10,15H2,(H4,16,17,18,19);1H3/i;;;1D. The number of Topliss-reactive ketones (excluding diaryl/α,β-unsaturated/α-hetero) is 1. The van der Waals surface area contributed by atoms with E-state index in [0.29, 0.717) is 94.5 Å². The van der Waals surface area contributed by atoms with Gasteiger partial charge in [0.2, 0.25) is 23.7 Å². The van der Waals surface area contributed by atoms with Gasteiger partial charge < -0.3 is 53.9 Å². The third kappa shape index (κ3) is 20.7. The molecule has 0 bridgehead atoms. The quantitative estimate of drug-likeness (QED) is 0.0406. The number of aryl methyl sites for hydroxylation is 1. The van der Waals surface area contributed by atoms with Crippen LogP contribution >= 0.6 is 23.5 Å². The van der Waals surface area contributed by atoms with Gasteiger partial charge in [0.25, 0.3) is 11.8 Å². The van der Waals surface area contributed by atoms with Gasteiger partial charge in [-0.3, -0.25) is 28.4 Å². The Balaban J connectivity index is 0.000000200. The maximum absolute atomic E-state index is 12.3. The molecule has 9 rings (SSSR count). The lowest BCUT2D eigenvalue weighted by molar-refractivity contribution is -0.197. The van der Waals surface area contributed by atoms with Crippen LogP contribution in [0.4, 0.5) is 15.8 Å². The minimum Gasteiger partial charge on any atom is -0.369 e. The van der Waals surface area contributed by atoms with E-state index >= 15 is 0 Å². The topological polar surface area (TPSA) is 325 Å². The van der Waals surface area contributed by atoms with E-state index in [1.54, 1.807) is 0 Å². The number of halogens is 1. The summed E-state index contributed by atoms with van der Waals surface area (Å²) < 4.78 is 15.5. The molecule has 2 aromatic rings. The molecule has 438 valence electrons. The van der Waals surface area contributed by atoms with Gasteiger partial charge in [-0.2, -0.15) is 33.5 Å². The van der Waals surface area contributed by atoms with Crippen LogP contribution in [0.3, 0.4) is 0 Å². The van der Waals surface area contributed by atoms with Crippen molar-refractivity contribution in [2.75, 3.05) is 39.9 Å². The average molecular weight is 1150 g/mol. The molecule has 6 atom stereocenters. The molecule has 7 aliphatic rings. The molecule has 0 aliphatic carbocycles. The van der Waals surface area contributed by atoms with Crippen molar-refractivity contribution in [3.8, 4) is 0 Å². The average Bonchev–Trinajstić information content (AvgIpc) is 4.50. The van der Waals surface area contributed by atoms with Crippen molar-refractivity contribution in [1.29, 1.82) is 0 Å². The van der Waals surface area contributed by atoms with Crippen LogP contribution in [-0.2, 0) is 46.4 Å². The summed E-state index contributed by atoms with van der Waals surface area (Å²) in [4.78, 5) is 95.1. The zero-order chi connectivity index (χ0) is 58.1. The van der Waals surface area contributed by atoms with Crippen molar-refractivity contribution in [2.24, 2.45) is 48.6 Å². The number of hydroxylamine groups is 2. The van der Waals surface area contributed by atoms with E-state index < -0.39 is 24.9 Å². The zero-order valence-electron chi connectivity index (χ0n) is 47.0. The lowest BCUT2D eigenvalue weighted by Gasteiger charge is -2.15. The number of nitrogens with zero attached hydrogens (tertiary/aromatic N) is 7. The predicted octanol–water partition coefficient (Wildman–Crippen LogP) is 5.30. The molecule has 0 radical (unpaired) electrons. The zero-order valence-corrected chi connectivity index (χ0v) is 47.6. The van der Waals surface area contributed by atoms with Crippen LogP contribution in [0.15, 0.2) is 68.5 Å². The van der Waals surface area contributed by atoms with E-state index in [2.05, 4.69) is 30.6 Å². The van der Waals surface area contributed by atoms with Crippen LogP contribution in [0.2, 0.25) is 0 Å². The summed E-state index contributed by atoms with van der Waals surface area (Å²) in [5, 5.41) is 8.72. The summed E-state index contributed by atoms with van der Waals surface area (Å²) in [6.07, 6.45) is 18.1. The van der Waals surface area contributed by atoms with Crippen molar-refractivity contribution < 1.29 is 39.4 Å². The second kappa shape index (κ2) is 32.9. The van der Waals surface area contributed by atoms with Gasteiger partial charge in [0.1, 0.15) is 5.78 Å². The van der Waals surface area contributed by atoms with E-state index in [1.165, 1.54) is 11.1 Å². The Morgan fingerprint density at radius 3 is 1.51 bits per heavy atom. The number of nitrogens with two attached hydrogens (primary N) is 5. The summed E-state index contributed by atoms with van der Waals surface area (Å²) >= 11 is 3.84. The van der Waals surface area contributed by atoms with Gasteiger partial charge in [-0.1, -0.05) is 37.1 Å². The Morgan fingerprint density at radius 1 is 0.650 bits per heavy atom. The third-order valence-corrected chi connectivity index (χ3v) is 18.1. The fourth-order valence-corrected chi connectivity index (χ4v) is 14.1. The number of imide groups is 1. The molecule has 12 N–H and O–H groups in total. The SMILES string of the molecule is NC(=Nc1ccc(CCCC(=O)CCCCC2CC3NC(=O)CC3S2)cc1)N=C(N)N1CCCC1.NCCc1ccc(N=C(N)N=C(N)N2CCCC2)cc1.O=C1CC2SC(CCCCC(=O)ON3C(=O)CCC3=O)CC2N1.[2H]CF. The molecule has 80 heavy (non-hydrogen) atoms. The number of amides is 4. The number of likely N-dealkylation sites (tertiary alicyclic amines) is 2. The second-order valence-corrected chi connectivity index (χ2v) is 24.0. The molecule has 0 aromatic heterocycles. The summed E-state index contributed by atoms with van der Waals surface area (Å²) in [5.74, 6) is 0.512. The predicted molar refractivity (Wildman–Crippen MR) is 315 cm³/mol. The minimum atomic E-state index is -1.00. The first kappa shape index (κ1) is 61.4. The van der Waals surface area contributed by atoms with E-state index in [1.807, 2.05) is 81.9 Å². The maximum atomic E-state index is 12.3. The molecule has 7 fully saturated rings. The number of carbonyl (C=O) groups excluding carboxylic acids is 6. The number of ketones is 1. The first-order valence-electron chi connectivity index (χ1n) is 28.9. The number of rotatable bonds is 19. The Bertz CT molecular complexity index is 2480. The smallest absolute Gasteiger partial charge is 0.333 e. The number of alkyl halides is 1. The molecule has 7 aliphatic heterocycles. The Labute approximate surface area is 479 Å². The van der Waals surface area contributed by atoms with Crippen LogP contribution in [-0.4, -0.2) is 147 Å². The Hall–Kier alpha value is -6.27. The molecule has 6 unspecified atom stereocenters. The number of hydrogen-bond acceptors (Lipinski definition) is 12. The highest BCUT2D eigenvalue weighted by Gasteiger charge is 2.42. The number of thioether (sulfide) groups is 2. The molecule has 0 saturated carbocycles. The van der Waals surface area contributed by atoms with Crippen molar-refractivity contribution in [3.05, 3.63) is 59.7 Å². The van der Waals surface area contributed by atoms with Crippen LogP contribution in [0.5, 0.6) is 0 Å². The number of hydrogen-bond donors (Lipinski definition) is 7. The highest BCUT2D eigenvalue weighted by molar-refractivity contribution is 8.01. The van der Waals surface area contributed by atoms with Crippen LogP contribution in [0.25, 0.3) is 0 Å². The fraction of sp³-hybridized carbons (Fsp3) is 0.607. The fourth-order valence-electron chi connectivity index (χ4n) is 10.6. The van der Waals surface area contributed by atoms with Crippen LogP contribution in [0, 0.1) is 0 Å². The van der Waals surface area contributed by atoms with Gasteiger partial charge in [0.05, 0.1) is 19.9 Å². The molecule has 2 aromatic carbocycles. The van der Waals surface area contributed by atoms with Gasteiger partial charge in [-0.15, -0.1) is 5.06 Å². The molecule has 7 saturated heterocycles. The van der Waals surface area contributed by atoms with E-state index in [-0.39, 0.29) is 43.0 Å². The number of fused-ring (bicyclic) bond motifs is 2. The summed E-state index contributed by atoms with van der Waals surface area (Å²) in [7, 11) is -1.00. The number of guanidine groups is 4. The molecular formula is C56H83FN14O7S2. The monoisotopic (exact) mass is 1150 g/mol. The number of nitrogens with one attached hydrogen (secondary N) is 2. The number of aliphatic imine (C=N–C) groups is 4. The van der Waals surface area contributed by atoms with Gasteiger partial charge >= 0.3 is 5.97 Å². The molecule has 4 amide bonds. The minimum absolute atomic E-state index is 0.115. The molecular weight excluding hydrogens is 1060 g/mol.